The smallest absolute Gasteiger partial charge is 0.329 e. The highest BCUT2D eigenvalue weighted by atomic mass is 35.5. The van der Waals surface area contributed by atoms with E-state index in [0.717, 1.165) is 15.9 Å². The molecule has 1 heterocycles. The number of aromatic amines is 1. The largest absolute Gasteiger partial charge is 0.497 e. The van der Waals surface area contributed by atoms with Gasteiger partial charge in [0.1, 0.15) is 5.75 Å². The normalized spacial score (nSPS) is 10.8. The maximum atomic E-state index is 12.5. The van der Waals surface area contributed by atoms with Crippen molar-refractivity contribution in [2.75, 3.05) is 7.11 Å². The van der Waals surface area contributed by atoms with Crippen molar-refractivity contribution in [2.45, 2.75) is 6.54 Å². The predicted molar refractivity (Wildman–Crippen MR) is 85.9 cm³/mol. The molecule has 3 aromatic rings. The number of halogens is 1. The molecule has 22 heavy (non-hydrogen) atoms. The van der Waals surface area contributed by atoms with Gasteiger partial charge in [-0.1, -0.05) is 23.7 Å². The average molecular weight is 317 g/mol. The van der Waals surface area contributed by atoms with E-state index in [0.29, 0.717) is 15.9 Å². The molecule has 0 aliphatic carbocycles. The molecule has 0 radical (unpaired) electrons. The van der Waals surface area contributed by atoms with Gasteiger partial charge >= 0.3 is 5.69 Å². The fourth-order valence-electron chi connectivity index (χ4n) is 2.28. The van der Waals surface area contributed by atoms with E-state index in [1.165, 1.54) is 0 Å². The highest BCUT2D eigenvalue weighted by Crippen LogP contribution is 2.14. The van der Waals surface area contributed by atoms with Crippen LogP contribution in [0, 0.1) is 0 Å². The fraction of sp³-hybridized carbons (Fsp3) is 0.125. The minimum Gasteiger partial charge on any atom is -0.497 e. The van der Waals surface area contributed by atoms with Gasteiger partial charge in [-0.3, -0.25) is 9.36 Å². The van der Waals surface area contributed by atoms with E-state index in [2.05, 4.69) is 4.98 Å². The number of nitrogens with zero attached hydrogens (tertiary/aromatic N) is 1. The van der Waals surface area contributed by atoms with E-state index in [4.69, 9.17) is 16.3 Å². The first-order valence-electron chi connectivity index (χ1n) is 6.64. The van der Waals surface area contributed by atoms with E-state index in [1.54, 1.807) is 37.4 Å². The first-order chi connectivity index (χ1) is 10.6. The molecular weight excluding hydrogens is 304 g/mol. The Morgan fingerprint density at radius 2 is 1.86 bits per heavy atom. The van der Waals surface area contributed by atoms with E-state index < -0.39 is 5.69 Å². The Bertz CT molecular complexity index is 942. The Labute approximate surface area is 130 Å². The summed E-state index contributed by atoms with van der Waals surface area (Å²) in [5, 5.41) is 0.841. The van der Waals surface area contributed by atoms with Crippen molar-refractivity contribution in [3.05, 3.63) is 73.9 Å². The average Bonchev–Trinajstić information content (AvgIpc) is 2.53. The Morgan fingerprint density at radius 3 is 2.55 bits per heavy atom. The zero-order chi connectivity index (χ0) is 15.7. The third-order valence-corrected chi connectivity index (χ3v) is 3.68. The second-order valence-electron chi connectivity index (χ2n) is 4.86. The lowest BCUT2D eigenvalue weighted by Crippen LogP contribution is -2.35. The van der Waals surface area contributed by atoms with Crippen LogP contribution in [0.3, 0.4) is 0 Å². The maximum absolute atomic E-state index is 12.5. The first-order valence-corrected chi connectivity index (χ1v) is 7.01. The summed E-state index contributed by atoms with van der Waals surface area (Å²) in [6.07, 6.45) is 0. The van der Waals surface area contributed by atoms with Crippen LogP contribution in [0.15, 0.2) is 52.1 Å². The quantitative estimate of drug-likeness (QED) is 0.807. The summed E-state index contributed by atoms with van der Waals surface area (Å²) in [6, 6.07) is 12.0. The molecule has 1 aromatic heterocycles. The third kappa shape index (κ3) is 2.63. The van der Waals surface area contributed by atoms with E-state index in [1.807, 2.05) is 12.1 Å². The van der Waals surface area contributed by atoms with Gasteiger partial charge < -0.3 is 9.72 Å². The van der Waals surface area contributed by atoms with Crippen molar-refractivity contribution in [2.24, 2.45) is 0 Å². The van der Waals surface area contributed by atoms with Crippen molar-refractivity contribution in [1.29, 1.82) is 0 Å². The molecule has 0 bridgehead atoms. The second kappa shape index (κ2) is 5.69. The van der Waals surface area contributed by atoms with Gasteiger partial charge in [-0.25, -0.2) is 4.79 Å². The molecule has 0 spiro atoms. The monoisotopic (exact) mass is 316 g/mol. The molecule has 0 saturated heterocycles. The minimum atomic E-state index is -0.448. The van der Waals surface area contributed by atoms with Crippen molar-refractivity contribution in [3.63, 3.8) is 0 Å². The number of aromatic nitrogens is 2. The molecule has 0 amide bonds. The number of H-pyrrole nitrogens is 1. The number of benzene rings is 2. The number of methoxy groups -OCH3 is 1. The molecule has 0 fully saturated rings. The van der Waals surface area contributed by atoms with Crippen molar-refractivity contribution in [3.8, 4) is 5.75 Å². The summed E-state index contributed by atoms with van der Waals surface area (Å²) < 4.78 is 6.24. The second-order valence-corrected chi connectivity index (χ2v) is 5.30. The Morgan fingerprint density at radius 1 is 1.14 bits per heavy atom. The standard InChI is InChI=1S/C16H13ClN2O3/c1-22-12-5-2-10(3-6-12)9-19-15(20)13-8-11(17)4-7-14(13)18-16(19)21/h2-8H,9H2,1H3,(H,18,21). The fourth-order valence-corrected chi connectivity index (χ4v) is 2.45. The van der Waals surface area contributed by atoms with Crippen molar-refractivity contribution in [1.82, 2.24) is 9.55 Å². The lowest BCUT2D eigenvalue weighted by atomic mass is 10.2. The van der Waals surface area contributed by atoms with Gasteiger partial charge in [0.2, 0.25) is 0 Å². The maximum Gasteiger partial charge on any atom is 0.329 e. The van der Waals surface area contributed by atoms with Crippen molar-refractivity contribution >= 4 is 22.5 Å². The summed E-state index contributed by atoms with van der Waals surface area (Å²) in [4.78, 5) is 27.3. The van der Waals surface area contributed by atoms with Crippen LogP contribution in [-0.4, -0.2) is 16.7 Å². The highest BCUT2D eigenvalue weighted by molar-refractivity contribution is 6.31. The Hall–Kier alpha value is -2.53. The van der Waals surface area contributed by atoms with Crippen LogP contribution in [0.1, 0.15) is 5.56 Å². The molecule has 1 N–H and O–H groups in total. The molecule has 0 atom stereocenters. The Kier molecular flexibility index (Phi) is 3.73. The zero-order valence-corrected chi connectivity index (χ0v) is 12.6. The third-order valence-electron chi connectivity index (χ3n) is 3.44. The van der Waals surface area contributed by atoms with Crippen LogP contribution in [0.5, 0.6) is 5.75 Å². The minimum absolute atomic E-state index is 0.181. The zero-order valence-electron chi connectivity index (χ0n) is 11.8. The Balaban J connectivity index is 2.09. The summed E-state index contributed by atoms with van der Waals surface area (Å²) in [6.45, 7) is 0.181. The van der Waals surface area contributed by atoms with Crippen molar-refractivity contribution < 1.29 is 4.74 Å². The van der Waals surface area contributed by atoms with Gasteiger partial charge in [0, 0.05) is 5.02 Å². The number of hydrogen-bond acceptors (Lipinski definition) is 3. The SMILES string of the molecule is COc1ccc(Cn2c(=O)[nH]c3ccc(Cl)cc3c2=O)cc1. The molecule has 6 heteroatoms. The lowest BCUT2D eigenvalue weighted by molar-refractivity contribution is 0.414. The first kappa shape index (κ1) is 14.4. The van der Waals surface area contributed by atoms with E-state index in [-0.39, 0.29) is 12.1 Å². The molecule has 3 rings (SSSR count). The number of nitrogens with one attached hydrogen (secondary N) is 1. The number of rotatable bonds is 3. The summed E-state index contributed by atoms with van der Waals surface area (Å²) in [5.74, 6) is 0.718. The summed E-state index contributed by atoms with van der Waals surface area (Å²) >= 11 is 5.92. The van der Waals surface area contributed by atoms with Gasteiger partial charge in [0.15, 0.2) is 0 Å². The molecule has 0 saturated carbocycles. The van der Waals surface area contributed by atoms with Gasteiger partial charge in [0.05, 0.1) is 24.6 Å². The van der Waals surface area contributed by atoms with Crippen LogP contribution in [0.25, 0.3) is 10.9 Å². The number of hydrogen-bond donors (Lipinski definition) is 1. The summed E-state index contributed by atoms with van der Waals surface area (Å²) in [5.41, 5.74) is 0.493. The molecule has 5 nitrogen and oxygen atoms in total. The summed E-state index contributed by atoms with van der Waals surface area (Å²) in [7, 11) is 1.58. The highest BCUT2D eigenvalue weighted by Gasteiger charge is 2.08. The van der Waals surface area contributed by atoms with Gasteiger partial charge in [0.25, 0.3) is 5.56 Å². The number of fused-ring (bicyclic) bond motifs is 1. The lowest BCUT2D eigenvalue weighted by Gasteiger charge is -2.07. The van der Waals surface area contributed by atoms with Crippen LogP contribution < -0.4 is 16.0 Å². The molecule has 0 aliphatic rings. The van der Waals surface area contributed by atoms with Gasteiger partial charge in [-0.2, -0.15) is 0 Å². The topological polar surface area (TPSA) is 64.1 Å². The molecular formula is C16H13ClN2O3. The molecule has 112 valence electrons. The number of ether oxygens (including phenoxy) is 1. The molecule has 2 aromatic carbocycles. The van der Waals surface area contributed by atoms with Gasteiger partial charge in [-0.15, -0.1) is 0 Å². The van der Waals surface area contributed by atoms with E-state index >= 15 is 0 Å². The van der Waals surface area contributed by atoms with E-state index in [9.17, 15) is 9.59 Å². The van der Waals surface area contributed by atoms with Crippen LogP contribution >= 0.6 is 11.6 Å². The predicted octanol–water partition coefficient (Wildman–Crippen LogP) is 2.40. The van der Waals surface area contributed by atoms with Crippen LogP contribution in [-0.2, 0) is 6.54 Å². The molecule has 0 unspecified atom stereocenters. The molecule has 0 aliphatic heterocycles. The van der Waals surface area contributed by atoms with Crippen LogP contribution in [0.4, 0.5) is 0 Å². The van der Waals surface area contributed by atoms with Crippen LogP contribution in [0.2, 0.25) is 5.02 Å². The van der Waals surface area contributed by atoms with Gasteiger partial charge in [-0.05, 0) is 35.9 Å².